The van der Waals surface area contributed by atoms with Crippen LogP contribution in [0, 0.1) is 11.3 Å². The average molecular weight is 447 g/mol. The van der Waals surface area contributed by atoms with Crippen molar-refractivity contribution in [2.45, 2.75) is 57.6 Å². The van der Waals surface area contributed by atoms with Gasteiger partial charge in [-0.05, 0) is 69.4 Å². The normalized spacial score (nSPS) is 17.8. The van der Waals surface area contributed by atoms with Crippen LogP contribution in [0.15, 0.2) is 30.3 Å². The molecule has 2 aromatic rings. The van der Waals surface area contributed by atoms with Crippen LogP contribution in [0.2, 0.25) is 4.34 Å². The Hall–Kier alpha value is -2.07. The van der Waals surface area contributed by atoms with Gasteiger partial charge < -0.3 is 14.8 Å². The predicted molar refractivity (Wildman–Crippen MR) is 119 cm³/mol. The van der Waals surface area contributed by atoms with Crippen LogP contribution in [0.5, 0.6) is 5.75 Å². The third-order valence-corrected chi connectivity index (χ3v) is 6.27. The van der Waals surface area contributed by atoms with Crippen molar-refractivity contribution in [2.75, 3.05) is 13.2 Å². The quantitative estimate of drug-likeness (QED) is 0.661. The van der Waals surface area contributed by atoms with Crippen LogP contribution in [0.3, 0.4) is 0 Å². The molecule has 160 valence electrons. The van der Waals surface area contributed by atoms with E-state index in [0.29, 0.717) is 24.3 Å². The summed E-state index contributed by atoms with van der Waals surface area (Å²) in [6, 6.07) is 11.8. The number of carbonyl (C=O) groups is 1. The number of benzene rings is 1. The third-order valence-electron chi connectivity index (χ3n) is 5.04. The molecule has 0 saturated carbocycles. The van der Waals surface area contributed by atoms with E-state index in [1.165, 1.54) is 4.88 Å². The minimum atomic E-state index is -0.401. The first-order valence-electron chi connectivity index (χ1n) is 10.2. The van der Waals surface area contributed by atoms with E-state index in [4.69, 9.17) is 21.1 Å². The number of hydrogen-bond donors (Lipinski definition) is 1. The standard InChI is InChI=1S/C23H27ClN2O3S/c1-23(2,12-19-9-10-21(24)30-19)26-14-18-15-28-22(27)6-4-3-5-16-7-8-17(13-25)20(11-16)29-18/h7-11,18,26H,3-6,12,14-15H2,1-2H3/t18-/m1/s1. The van der Waals surface area contributed by atoms with Crippen molar-refractivity contribution in [1.29, 1.82) is 5.26 Å². The molecule has 0 fully saturated rings. The molecule has 3 rings (SSSR count). The molecular formula is C23H27ClN2O3S. The van der Waals surface area contributed by atoms with E-state index in [1.54, 1.807) is 17.4 Å². The lowest BCUT2D eigenvalue weighted by Gasteiger charge is -2.29. The number of nitriles is 1. The van der Waals surface area contributed by atoms with E-state index in [0.717, 1.165) is 35.6 Å². The number of aryl methyl sites for hydroxylation is 1. The van der Waals surface area contributed by atoms with E-state index in [1.807, 2.05) is 24.3 Å². The highest BCUT2D eigenvalue weighted by atomic mass is 35.5. The second-order valence-electron chi connectivity index (χ2n) is 8.22. The van der Waals surface area contributed by atoms with Gasteiger partial charge in [0.1, 0.15) is 24.5 Å². The molecule has 1 aliphatic rings. The number of fused-ring (bicyclic) bond motifs is 2. The molecule has 2 heterocycles. The van der Waals surface area contributed by atoms with E-state index < -0.39 is 6.10 Å². The predicted octanol–water partition coefficient (Wildman–Crippen LogP) is 4.90. The summed E-state index contributed by atoms with van der Waals surface area (Å²) in [6.45, 7) is 4.85. The van der Waals surface area contributed by atoms with Gasteiger partial charge in [-0.3, -0.25) is 4.79 Å². The Labute approximate surface area is 187 Å². The summed E-state index contributed by atoms with van der Waals surface area (Å²) in [5.74, 6) is 0.335. The number of rotatable bonds is 5. The van der Waals surface area contributed by atoms with Crippen LogP contribution in [0.25, 0.3) is 0 Å². The largest absolute Gasteiger partial charge is 0.484 e. The van der Waals surface area contributed by atoms with Gasteiger partial charge in [0.05, 0.1) is 9.90 Å². The molecule has 0 unspecified atom stereocenters. The summed E-state index contributed by atoms with van der Waals surface area (Å²) < 4.78 is 12.4. The fourth-order valence-corrected chi connectivity index (χ4v) is 4.73. The smallest absolute Gasteiger partial charge is 0.305 e. The molecule has 0 saturated heterocycles. The van der Waals surface area contributed by atoms with Crippen LogP contribution in [0.4, 0.5) is 0 Å². The zero-order valence-electron chi connectivity index (χ0n) is 17.4. The van der Waals surface area contributed by atoms with Gasteiger partial charge in [0.25, 0.3) is 0 Å². The minimum absolute atomic E-state index is 0.141. The fraction of sp³-hybridized carbons (Fsp3) is 0.478. The first kappa shape index (κ1) is 22.6. The molecular weight excluding hydrogens is 420 g/mol. The summed E-state index contributed by atoms with van der Waals surface area (Å²) in [4.78, 5) is 13.3. The number of thiophene rings is 1. The molecule has 1 aromatic heterocycles. The number of hydrogen-bond acceptors (Lipinski definition) is 6. The molecule has 0 amide bonds. The van der Waals surface area contributed by atoms with E-state index in [9.17, 15) is 10.1 Å². The monoisotopic (exact) mass is 446 g/mol. The topological polar surface area (TPSA) is 71.3 Å². The first-order valence-corrected chi connectivity index (χ1v) is 11.4. The van der Waals surface area contributed by atoms with Gasteiger partial charge in [0, 0.05) is 23.4 Å². The van der Waals surface area contributed by atoms with Crippen LogP contribution in [-0.4, -0.2) is 30.8 Å². The Bertz CT molecular complexity index is 919. The lowest BCUT2D eigenvalue weighted by molar-refractivity contribution is -0.146. The highest BCUT2D eigenvalue weighted by Crippen LogP contribution is 2.26. The zero-order valence-corrected chi connectivity index (χ0v) is 18.9. The number of cyclic esters (lactones) is 1. The highest BCUT2D eigenvalue weighted by Gasteiger charge is 2.23. The van der Waals surface area contributed by atoms with E-state index >= 15 is 0 Å². The second kappa shape index (κ2) is 10.3. The van der Waals surface area contributed by atoms with Crippen molar-refractivity contribution in [3.8, 4) is 11.8 Å². The van der Waals surface area contributed by atoms with Crippen molar-refractivity contribution in [3.63, 3.8) is 0 Å². The number of nitrogens with one attached hydrogen (secondary N) is 1. The average Bonchev–Trinajstić information content (AvgIpc) is 3.10. The summed E-state index contributed by atoms with van der Waals surface area (Å²) >= 11 is 7.63. The number of ether oxygens (including phenoxy) is 2. The van der Waals surface area contributed by atoms with Gasteiger partial charge in [-0.25, -0.2) is 0 Å². The summed E-state index contributed by atoms with van der Waals surface area (Å²) in [5, 5.41) is 13.0. The Morgan fingerprint density at radius 1 is 1.27 bits per heavy atom. The van der Waals surface area contributed by atoms with Gasteiger partial charge in [0.2, 0.25) is 0 Å². The highest BCUT2D eigenvalue weighted by molar-refractivity contribution is 7.16. The van der Waals surface area contributed by atoms with Crippen molar-refractivity contribution in [1.82, 2.24) is 5.32 Å². The Morgan fingerprint density at radius 2 is 2.07 bits per heavy atom. The molecule has 1 aromatic carbocycles. The maximum Gasteiger partial charge on any atom is 0.305 e. The maximum atomic E-state index is 12.1. The number of halogens is 1. The minimum Gasteiger partial charge on any atom is -0.484 e. The van der Waals surface area contributed by atoms with Gasteiger partial charge in [-0.2, -0.15) is 5.26 Å². The van der Waals surface area contributed by atoms with Gasteiger partial charge in [-0.15, -0.1) is 11.3 Å². The molecule has 7 heteroatoms. The van der Waals surface area contributed by atoms with Crippen LogP contribution in [0.1, 0.15) is 49.1 Å². The zero-order chi connectivity index (χ0) is 21.6. The third kappa shape index (κ3) is 6.73. The number of carbonyl (C=O) groups excluding carboxylic acids is 1. The van der Waals surface area contributed by atoms with Crippen molar-refractivity contribution < 1.29 is 14.3 Å². The second-order valence-corrected chi connectivity index (χ2v) is 10.0. The SMILES string of the molecule is CC(C)(Cc1ccc(Cl)s1)NC[C@@H]1COC(=O)CCCCc2ccc(C#N)c(c2)O1. The molecule has 1 atom stereocenters. The molecule has 30 heavy (non-hydrogen) atoms. The summed E-state index contributed by atoms with van der Waals surface area (Å²) in [6.07, 6.45) is 3.35. The fourth-order valence-electron chi connectivity index (χ4n) is 3.42. The number of nitrogens with zero attached hydrogens (tertiary/aromatic N) is 1. The molecule has 0 spiro atoms. The van der Waals surface area contributed by atoms with E-state index in [2.05, 4.69) is 25.2 Å². The molecule has 0 radical (unpaired) electrons. The van der Waals surface area contributed by atoms with Crippen LogP contribution in [-0.2, 0) is 22.4 Å². The van der Waals surface area contributed by atoms with E-state index in [-0.39, 0.29) is 18.1 Å². The Morgan fingerprint density at radius 3 is 2.80 bits per heavy atom. The molecule has 5 nitrogen and oxygen atoms in total. The lowest BCUT2D eigenvalue weighted by Crippen LogP contribution is -2.47. The summed E-state index contributed by atoms with van der Waals surface area (Å²) in [7, 11) is 0. The Kier molecular flexibility index (Phi) is 7.76. The lowest BCUT2D eigenvalue weighted by atomic mass is 9.99. The van der Waals surface area contributed by atoms with Crippen molar-refractivity contribution in [3.05, 3.63) is 50.7 Å². The van der Waals surface area contributed by atoms with Crippen molar-refractivity contribution in [2.24, 2.45) is 0 Å². The molecule has 0 aliphatic carbocycles. The molecule has 1 aliphatic heterocycles. The first-order chi connectivity index (χ1) is 14.3. The van der Waals surface area contributed by atoms with Crippen LogP contribution >= 0.6 is 22.9 Å². The maximum absolute atomic E-state index is 12.1. The van der Waals surface area contributed by atoms with Gasteiger partial charge in [0.15, 0.2) is 0 Å². The number of esters is 1. The Balaban J connectivity index is 1.73. The molecule has 1 N–H and O–H groups in total. The van der Waals surface area contributed by atoms with Crippen molar-refractivity contribution >= 4 is 28.9 Å². The van der Waals surface area contributed by atoms with Crippen LogP contribution < -0.4 is 10.1 Å². The summed E-state index contributed by atoms with van der Waals surface area (Å²) in [5.41, 5.74) is 1.39. The molecule has 2 bridgehead atoms. The van der Waals surface area contributed by atoms with Gasteiger partial charge in [-0.1, -0.05) is 17.7 Å². The van der Waals surface area contributed by atoms with Gasteiger partial charge >= 0.3 is 5.97 Å².